The molecule has 1 fully saturated rings. The molecule has 0 aromatic carbocycles. The van der Waals surface area contributed by atoms with Crippen LogP contribution in [0.5, 0.6) is 0 Å². The van der Waals surface area contributed by atoms with Crippen molar-refractivity contribution in [2.75, 3.05) is 31.6 Å². The average Bonchev–Trinajstić information content (AvgIpc) is 2.71. The van der Waals surface area contributed by atoms with Gasteiger partial charge >= 0.3 is 5.97 Å². The van der Waals surface area contributed by atoms with E-state index in [-0.39, 0.29) is 11.2 Å². The van der Waals surface area contributed by atoms with Gasteiger partial charge in [0, 0.05) is 25.2 Å². The molecule has 2 heterocycles. The van der Waals surface area contributed by atoms with Crippen molar-refractivity contribution in [1.82, 2.24) is 9.88 Å². The van der Waals surface area contributed by atoms with Crippen molar-refractivity contribution in [1.29, 1.82) is 0 Å². The number of hydrogen-bond acceptors (Lipinski definition) is 5. The molecule has 0 bridgehead atoms. The molecular formula is C11H17N3O3. The maximum absolute atomic E-state index is 10.7. The summed E-state index contributed by atoms with van der Waals surface area (Å²) in [7, 11) is 2.08. The molecule has 0 amide bonds. The Balaban J connectivity index is 2.15. The first-order chi connectivity index (χ1) is 7.90. The molecule has 0 aliphatic carbocycles. The first-order valence-electron chi connectivity index (χ1n) is 5.55. The highest BCUT2D eigenvalue weighted by molar-refractivity contribution is 5.85. The van der Waals surface area contributed by atoms with E-state index in [1.165, 1.54) is 6.26 Å². The number of carboxylic acid groups (broad SMARTS) is 1. The zero-order chi connectivity index (χ0) is 12.6. The number of rotatable bonds is 2. The minimum Gasteiger partial charge on any atom is -0.476 e. The van der Waals surface area contributed by atoms with Gasteiger partial charge in [0.1, 0.15) is 6.26 Å². The smallest absolute Gasteiger partial charge is 0.357 e. The highest BCUT2D eigenvalue weighted by atomic mass is 16.4. The van der Waals surface area contributed by atoms with Gasteiger partial charge in [0.05, 0.1) is 0 Å². The number of piperazine rings is 1. The second-order valence-corrected chi connectivity index (χ2v) is 4.98. The van der Waals surface area contributed by atoms with Gasteiger partial charge in [-0.05, 0) is 20.9 Å². The van der Waals surface area contributed by atoms with Crippen molar-refractivity contribution in [3.05, 3.63) is 12.0 Å². The van der Waals surface area contributed by atoms with Gasteiger partial charge in [-0.2, -0.15) is 4.98 Å². The third-order valence-electron chi connectivity index (χ3n) is 3.30. The molecule has 6 heteroatoms. The van der Waals surface area contributed by atoms with Crippen LogP contribution in [0.4, 0.5) is 6.01 Å². The second-order valence-electron chi connectivity index (χ2n) is 4.98. The van der Waals surface area contributed by atoms with Gasteiger partial charge in [0.15, 0.2) is 5.69 Å². The average molecular weight is 239 g/mol. The largest absolute Gasteiger partial charge is 0.476 e. The Morgan fingerprint density at radius 2 is 2.24 bits per heavy atom. The summed E-state index contributed by atoms with van der Waals surface area (Å²) >= 11 is 0. The predicted octanol–water partition coefficient (Wildman–Crippen LogP) is 0.903. The normalized spacial score (nSPS) is 20.5. The fourth-order valence-electron chi connectivity index (χ4n) is 1.91. The standard InChI is InChI=1S/C11H17N3O3/c1-11(2)7-14(5-4-13(11)3)10-12-8(6-17-10)9(15)16/h6H,4-5,7H2,1-3H3,(H,15,16). The van der Waals surface area contributed by atoms with Crippen molar-refractivity contribution >= 4 is 12.0 Å². The molecule has 2 rings (SSSR count). The number of carboxylic acids is 1. The van der Waals surface area contributed by atoms with E-state index in [0.717, 1.165) is 19.6 Å². The monoisotopic (exact) mass is 239 g/mol. The Kier molecular flexibility index (Phi) is 2.82. The molecule has 0 spiro atoms. The number of carbonyl (C=O) groups is 1. The number of anilines is 1. The first-order valence-corrected chi connectivity index (χ1v) is 5.55. The van der Waals surface area contributed by atoms with E-state index in [1.54, 1.807) is 0 Å². The number of nitrogens with zero attached hydrogens (tertiary/aromatic N) is 3. The lowest BCUT2D eigenvalue weighted by molar-refractivity contribution is 0.0690. The molecule has 1 saturated heterocycles. The van der Waals surface area contributed by atoms with Crippen molar-refractivity contribution < 1.29 is 14.3 Å². The Bertz CT molecular complexity index is 427. The van der Waals surface area contributed by atoms with Crippen molar-refractivity contribution in [2.24, 2.45) is 0 Å². The van der Waals surface area contributed by atoms with Crippen LogP contribution in [0.2, 0.25) is 0 Å². The summed E-state index contributed by atoms with van der Waals surface area (Å²) < 4.78 is 5.21. The highest BCUT2D eigenvalue weighted by Gasteiger charge is 2.33. The van der Waals surface area contributed by atoms with Crippen LogP contribution in [0.25, 0.3) is 0 Å². The van der Waals surface area contributed by atoms with Crippen molar-refractivity contribution in [2.45, 2.75) is 19.4 Å². The molecule has 0 unspecified atom stereocenters. The Morgan fingerprint density at radius 1 is 1.53 bits per heavy atom. The van der Waals surface area contributed by atoms with Crippen LogP contribution in [0.1, 0.15) is 24.3 Å². The lowest BCUT2D eigenvalue weighted by Crippen LogP contribution is -2.57. The van der Waals surface area contributed by atoms with Crippen LogP contribution in [0.3, 0.4) is 0 Å². The van der Waals surface area contributed by atoms with Crippen LogP contribution in [-0.2, 0) is 0 Å². The molecule has 1 aromatic heterocycles. The van der Waals surface area contributed by atoms with E-state index in [9.17, 15) is 4.79 Å². The first kappa shape index (κ1) is 11.9. The van der Waals surface area contributed by atoms with Crippen LogP contribution >= 0.6 is 0 Å². The molecule has 1 N–H and O–H groups in total. The van der Waals surface area contributed by atoms with Gasteiger partial charge in [0.25, 0.3) is 6.01 Å². The Labute approximate surface area is 99.8 Å². The summed E-state index contributed by atoms with van der Waals surface area (Å²) in [4.78, 5) is 18.9. The van der Waals surface area contributed by atoms with Gasteiger partial charge in [-0.25, -0.2) is 4.79 Å². The van der Waals surface area contributed by atoms with E-state index < -0.39 is 5.97 Å². The van der Waals surface area contributed by atoms with E-state index >= 15 is 0 Å². The molecule has 1 aromatic rings. The minimum atomic E-state index is -1.06. The minimum absolute atomic E-state index is 0.0239. The van der Waals surface area contributed by atoms with Crippen LogP contribution in [0, 0.1) is 0 Å². The third kappa shape index (κ3) is 2.26. The van der Waals surface area contributed by atoms with Gasteiger partial charge in [-0.1, -0.05) is 0 Å². The number of likely N-dealkylation sites (N-methyl/N-ethyl adjacent to an activating group) is 1. The number of hydrogen-bond donors (Lipinski definition) is 1. The summed E-state index contributed by atoms with van der Waals surface area (Å²) in [5.74, 6) is -1.06. The van der Waals surface area contributed by atoms with E-state index in [1.807, 2.05) is 4.90 Å². The number of aromatic nitrogens is 1. The molecule has 0 saturated carbocycles. The maximum atomic E-state index is 10.7. The van der Waals surface area contributed by atoms with E-state index in [0.29, 0.717) is 6.01 Å². The summed E-state index contributed by atoms with van der Waals surface area (Å²) in [6, 6.07) is 0.392. The zero-order valence-corrected chi connectivity index (χ0v) is 10.3. The van der Waals surface area contributed by atoms with Gasteiger partial charge in [-0.15, -0.1) is 0 Å². The Hall–Kier alpha value is -1.56. The van der Waals surface area contributed by atoms with Crippen LogP contribution in [0.15, 0.2) is 10.7 Å². The fraction of sp³-hybridized carbons (Fsp3) is 0.636. The predicted molar refractivity (Wildman–Crippen MR) is 62.4 cm³/mol. The molecule has 94 valence electrons. The topological polar surface area (TPSA) is 69.8 Å². The molecule has 1 aliphatic rings. The van der Waals surface area contributed by atoms with E-state index in [4.69, 9.17) is 9.52 Å². The van der Waals surface area contributed by atoms with Gasteiger partial charge in [0.2, 0.25) is 0 Å². The van der Waals surface area contributed by atoms with Gasteiger partial charge in [-0.3, -0.25) is 4.90 Å². The lowest BCUT2D eigenvalue weighted by Gasteiger charge is -2.44. The van der Waals surface area contributed by atoms with Crippen molar-refractivity contribution in [3.63, 3.8) is 0 Å². The van der Waals surface area contributed by atoms with Crippen molar-refractivity contribution in [3.8, 4) is 0 Å². The summed E-state index contributed by atoms with van der Waals surface area (Å²) in [5, 5.41) is 8.79. The second kappa shape index (κ2) is 4.03. The van der Waals surface area contributed by atoms with Gasteiger partial charge < -0.3 is 14.4 Å². The molecule has 1 aliphatic heterocycles. The summed E-state index contributed by atoms with van der Waals surface area (Å²) in [5.41, 5.74) is -0.0208. The molecule has 0 atom stereocenters. The van der Waals surface area contributed by atoms with Crippen LogP contribution in [-0.4, -0.2) is 53.2 Å². The summed E-state index contributed by atoms with van der Waals surface area (Å²) in [6.07, 6.45) is 1.18. The van der Waals surface area contributed by atoms with E-state index in [2.05, 4.69) is 30.8 Å². The zero-order valence-electron chi connectivity index (χ0n) is 10.3. The molecule has 0 radical (unpaired) electrons. The number of aromatic carboxylic acids is 1. The lowest BCUT2D eigenvalue weighted by atomic mass is 10.0. The molecule has 6 nitrogen and oxygen atoms in total. The number of oxazole rings is 1. The third-order valence-corrected chi connectivity index (χ3v) is 3.30. The quantitative estimate of drug-likeness (QED) is 0.827. The summed E-state index contributed by atoms with van der Waals surface area (Å²) in [6.45, 7) is 6.74. The fourth-order valence-corrected chi connectivity index (χ4v) is 1.91. The van der Waals surface area contributed by atoms with Crippen LogP contribution < -0.4 is 4.90 Å². The highest BCUT2D eigenvalue weighted by Crippen LogP contribution is 2.23. The SMILES string of the molecule is CN1CCN(c2nc(C(=O)O)co2)CC1(C)C. The molecule has 17 heavy (non-hydrogen) atoms. The molecular weight excluding hydrogens is 222 g/mol. The maximum Gasteiger partial charge on any atom is 0.357 e. The Morgan fingerprint density at radius 3 is 2.76 bits per heavy atom.